The summed E-state index contributed by atoms with van der Waals surface area (Å²) in [6.07, 6.45) is 1.19. The molecule has 1 heterocycles. The highest BCUT2D eigenvalue weighted by Crippen LogP contribution is 2.08. The highest BCUT2D eigenvalue weighted by Gasteiger charge is 2.11. The molecule has 0 bridgehead atoms. The van der Waals surface area contributed by atoms with Gasteiger partial charge in [0.2, 0.25) is 5.91 Å². The molecule has 1 aromatic heterocycles. The number of primary amides is 1. The number of carbonyl (C=O) groups is 1. The molecule has 0 aromatic carbocycles. The summed E-state index contributed by atoms with van der Waals surface area (Å²) >= 11 is 0. The Balaban J connectivity index is 2.92. The minimum Gasteiger partial charge on any atom is -0.391 e. The van der Waals surface area contributed by atoms with Gasteiger partial charge in [-0.05, 0) is 6.92 Å². The molecule has 76 valence electrons. The van der Waals surface area contributed by atoms with Gasteiger partial charge in [0.1, 0.15) is 11.7 Å². The van der Waals surface area contributed by atoms with E-state index in [1.165, 1.54) is 6.33 Å². The Hall–Kier alpha value is -2.05. The van der Waals surface area contributed by atoms with Crippen LogP contribution in [0.4, 0.5) is 11.5 Å². The van der Waals surface area contributed by atoms with E-state index in [-0.39, 0.29) is 11.5 Å². The van der Waals surface area contributed by atoms with Gasteiger partial charge >= 0.3 is 0 Å². The summed E-state index contributed by atoms with van der Waals surface area (Å²) in [5.74, 6) is -0.397. The van der Waals surface area contributed by atoms with Crippen LogP contribution in [0.15, 0.2) is 11.1 Å². The molecule has 7 nitrogen and oxygen atoms in total. The maximum absolute atomic E-state index is 11.0. The fourth-order valence-electron chi connectivity index (χ4n) is 0.802. The monoisotopic (exact) mass is 197 g/mol. The molecule has 0 aliphatic heterocycles. The zero-order valence-corrected chi connectivity index (χ0v) is 7.57. The second kappa shape index (κ2) is 3.77. The molecule has 0 saturated heterocycles. The summed E-state index contributed by atoms with van der Waals surface area (Å²) in [7, 11) is 0. The fourth-order valence-corrected chi connectivity index (χ4v) is 0.802. The third kappa shape index (κ3) is 2.00. The number of hydrogen-bond donors (Lipinski definition) is 4. The van der Waals surface area contributed by atoms with Crippen molar-refractivity contribution < 1.29 is 4.79 Å². The van der Waals surface area contributed by atoms with Gasteiger partial charge in [-0.3, -0.25) is 9.59 Å². The fraction of sp³-hybridized carbons (Fsp3) is 0.286. The van der Waals surface area contributed by atoms with Crippen LogP contribution in [0, 0.1) is 0 Å². The van der Waals surface area contributed by atoms with E-state index >= 15 is 0 Å². The first-order valence-electron chi connectivity index (χ1n) is 3.91. The molecule has 0 aliphatic carbocycles. The van der Waals surface area contributed by atoms with E-state index < -0.39 is 17.5 Å². The second-order valence-corrected chi connectivity index (χ2v) is 2.76. The van der Waals surface area contributed by atoms with Gasteiger partial charge in [0.15, 0.2) is 5.82 Å². The smallest absolute Gasteiger partial charge is 0.276 e. The Labute approximate surface area is 79.5 Å². The third-order valence-electron chi connectivity index (χ3n) is 1.67. The topological polar surface area (TPSA) is 127 Å². The maximum Gasteiger partial charge on any atom is 0.276 e. The standard InChI is InChI=1S/C7H11N5O2/c1-3(5(9)13)12-6-4(8)7(14)11-2-10-6/h2-3H,8H2,1H3,(H2,9,13)(H2,10,11,12,14). The lowest BCUT2D eigenvalue weighted by Crippen LogP contribution is -2.33. The SMILES string of the molecule is CC(Nc1nc[nH]c(=O)c1N)C(N)=O. The van der Waals surface area contributed by atoms with Gasteiger partial charge in [-0.2, -0.15) is 0 Å². The van der Waals surface area contributed by atoms with Gasteiger partial charge in [0, 0.05) is 0 Å². The van der Waals surface area contributed by atoms with Gasteiger partial charge in [0.05, 0.1) is 6.33 Å². The molecular weight excluding hydrogens is 186 g/mol. The molecule has 14 heavy (non-hydrogen) atoms. The first kappa shape index (κ1) is 10.0. The minimum absolute atomic E-state index is 0.0689. The Bertz CT molecular complexity index is 399. The van der Waals surface area contributed by atoms with Crippen molar-refractivity contribution in [3.8, 4) is 0 Å². The number of amides is 1. The van der Waals surface area contributed by atoms with E-state index in [2.05, 4.69) is 15.3 Å². The molecule has 1 rings (SSSR count). The Kier molecular flexibility index (Phi) is 2.70. The number of carbonyl (C=O) groups excluding carboxylic acids is 1. The van der Waals surface area contributed by atoms with Gasteiger partial charge in [-0.25, -0.2) is 4.98 Å². The van der Waals surface area contributed by atoms with E-state index in [9.17, 15) is 9.59 Å². The van der Waals surface area contributed by atoms with E-state index in [4.69, 9.17) is 11.5 Å². The van der Waals surface area contributed by atoms with E-state index in [1.807, 2.05) is 0 Å². The van der Waals surface area contributed by atoms with Crippen LogP contribution < -0.4 is 22.3 Å². The van der Waals surface area contributed by atoms with Crippen molar-refractivity contribution in [1.29, 1.82) is 0 Å². The number of anilines is 2. The number of aromatic nitrogens is 2. The van der Waals surface area contributed by atoms with Crippen LogP contribution in [-0.4, -0.2) is 21.9 Å². The number of aromatic amines is 1. The summed E-state index contributed by atoms with van der Waals surface area (Å²) in [6, 6.07) is -0.633. The van der Waals surface area contributed by atoms with Gasteiger partial charge in [-0.15, -0.1) is 0 Å². The summed E-state index contributed by atoms with van der Waals surface area (Å²) in [4.78, 5) is 27.8. The normalized spacial score (nSPS) is 12.1. The van der Waals surface area contributed by atoms with Crippen LogP contribution >= 0.6 is 0 Å². The number of nitrogens with one attached hydrogen (secondary N) is 2. The zero-order chi connectivity index (χ0) is 10.7. The molecule has 7 heteroatoms. The van der Waals surface area contributed by atoms with Gasteiger partial charge in [0.25, 0.3) is 5.56 Å². The largest absolute Gasteiger partial charge is 0.391 e. The Morgan fingerprint density at radius 3 is 2.93 bits per heavy atom. The highest BCUT2D eigenvalue weighted by molar-refractivity contribution is 5.83. The van der Waals surface area contributed by atoms with E-state index in [0.29, 0.717) is 0 Å². The van der Waals surface area contributed by atoms with Gasteiger partial charge < -0.3 is 21.8 Å². The van der Waals surface area contributed by atoms with E-state index in [0.717, 1.165) is 0 Å². The predicted molar refractivity (Wildman–Crippen MR) is 51.5 cm³/mol. The first-order valence-corrected chi connectivity index (χ1v) is 3.91. The molecule has 1 aromatic rings. The van der Waals surface area contributed by atoms with Crippen molar-refractivity contribution in [2.45, 2.75) is 13.0 Å². The summed E-state index contributed by atoms with van der Waals surface area (Å²) in [6.45, 7) is 1.55. The number of nitrogens with zero attached hydrogens (tertiary/aromatic N) is 1. The second-order valence-electron chi connectivity index (χ2n) is 2.76. The molecule has 1 unspecified atom stereocenters. The van der Waals surface area contributed by atoms with Crippen molar-refractivity contribution in [2.75, 3.05) is 11.1 Å². The highest BCUT2D eigenvalue weighted by atomic mass is 16.1. The third-order valence-corrected chi connectivity index (χ3v) is 1.67. The molecule has 0 saturated carbocycles. The molecule has 1 amide bonds. The predicted octanol–water partition coefficient (Wildman–Crippen LogP) is -1.36. The number of H-pyrrole nitrogens is 1. The number of hydrogen-bond acceptors (Lipinski definition) is 5. The molecule has 0 fully saturated rings. The number of nitrogens with two attached hydrogens (primary N) is 2. The Morgan fingerprint density at radius 1 is 1.71 bits per heavy atom. The van der Waals surface area contributed by atoms with Crippen molar-refractivity contribution >= 4 is 17.4 Å². The Morgan fingerprint density at radius 2 is 2.36 bits per heavy atom. The van der Waals surface area contributed by atoms with Crippen LogP contribution in [0.25, 0.3) is 0 Å². The maximum atomic E-state index is 11.0. The lowest BCUT2D eigenvalue weighted by atomic mass is 10.3. The molecule has 0 radical (unpaired) electrons. The van der Waals surface area contributed by atoms with Gasteiger partial charge in [-0.1, -0.05) is 0 Å². The van der Waals surface area contributed by atoms with Crippen molar-refractivity contribution in [2.24, 2.45) is 5.73 Å². The summed E-state index contributed by atoms with van der Waals surface area (Å²) < 4.78 is 0. The summed E-state index contributed by atoms with van der Waals surface area (Å²) in [5, 5.41) is 2.62. The quantitative estimate of drug-likeness (QED) is 0.475. The lowest BCUT2D eigenvalue weighted by Gasteiger charge is -2.11. The zero-order valence-electron chi connectivity index (χ0n) is 7.57. The van der Waals surface area contributed by atoms with Crippen LogP contribution in [0.2, 0.25) is 0 Å². The lowest BCUT2D eigenvalue weighted by molar-refractivity contribution is -0.118. The molecular formula is C7H11N5O2. The average molecular weight is 197 g/mol. The van der Waals surface area contributed by atoms with Crippen molar-refractivity contribution in [3.05, 3.63) is 16.7 Å². The van der Waals surface area contributed by atoms with Crippen LogP contribution in [-0.2, 0) is 4.79 Å². The van der Waals surface area contributed by atoms with Crippen LogP contribution in [0.1, 0.15) is 6.92 Å². The number of nitrogen functional groups attached to an aromatic ring is 1. The number of rotatable bonds is 3. The van der Waals surface area contributed by atoms with Crippen LogP contribution in [0.5, 0.6) is 0 Å². The minimum atomic E-state index is -0.633. The molecule has 6 N–H and O–H groups in total. The average Bonchev–Trinajstić information content (AvgIpc) is 2.12. The van der Waals surface area contributed by atoms with Crippen molar-refractivity contribution in [3.63, 3.8) is 0 Å². The molecule has 0 aliphatic rings. The molecule has 1 atom stereocenters. The molecule has 0 spiro atoms. The van der Waals surface area contributed by atoms with Crippen LogP contribution in [0.3, 0.4) is 0 Å². The first-order chi connectivity index (χ1) is 6.52. The van der Waals surface area contributed by atoms with Crippen molar-refractivity contribution in [1.82, 2.24) is 9.97 Å². The van der Waals surface area contributed by atoms with E-state index in [1.54, 1.807) is 6.92 Å². The summed E-state index contributed by atoms with van der Waals surface area (Å²) in [5.41, 5.74) is 9.90.